The molecular formula is C53H31N3O2. The molecule has 0 unspecified atom stereocenters. The highest BCUT2D eigenvalue weighted by Crippen LogP contribution is 2.41. The summed E-state index contributed by atoms with van der Waals surface area (Å²) in [6.45, 7) is 0. The van der Waals surface area contributed by atoms with Gasteiger partial charge in [0.2, 0.25) is 0 Å². The van der Waals surface area contributed by atoms with Crippen LogP contribution >= 0.6 is 0 Å². The van der Waals surface area contributed by atoms with Gasteiger partial charge in [0.25, 0.3) is 0 Å². The van der Waals surface area contributed by atoms with E-state index in [1.165, 1.54) is 16.2 Å². The van der Waals surface area contributed by atoms with E-state index in [4.69, 9.17) is 23.8 Å². The van der Waals surface area contributed by atoms with Crippen LogP contribution in [0.25, 0.3) is 122 Å². The van der Waals surface area contributed by atoms with E-state index >= 15 is 0 Å². The molecule has 12 rings (SSSR count). The van der Waals surface area contributed by atoms with Crippen molar-refractivity contribution in [2.24, 2.45) is 0 Å². The number of nitrogens with zero attached hydrogens (tertiary/aromatic N) is 3. The van der Waals surface area contributed by atoms with Gasteiger partial charge in [-0.1, -0.05) is 146 Å². The summed E-state index contributed by atoms with van der Waals surface area (Å²) < 4.78 is 13.1. The van der Waals surface area contributed by atoms with E-state index in [2.05, 4.69) is 127 Å². The van der Waals surface area contributed by atoms with Crippen LogP contribution < -0.4 is 0 Å². The zero-order valence-electron chi connectivity index (χ0n) is 31.1. The maximum atomic E-state index is 6.55. The molecule has 3 heterocycles. The molecule has 0 fully saturated rings. The summed E-state index contributed by atoms with van der Waals surface area (Å²) in [5.74, 6) is 1.58. The molecule has 0 aliphatic rings. The van der Waals surface area contributed by atoms with Gasteiger partial charge in [-0.25, -0.2) is 15.0 Å². The Balaban J connectivity index is 1.15. The van der Waals surface area contributed by atoms with E-state index in [0.717, 1.165) is 88.2 Å². The Morgan fingerprint density at radius 1 is 0.276 bits per heavy atom. The van der Waals surface area contributed by atoms with Gasteiger partial charge in [-0.15, -0.1) is 0 Å². The maximum Gasteiger partial charge on any atom is 0.167 e. The lowest BCUT2D eigenvalue weighted by atomic mass is 9.91. The molecule has 0 saturated heterocycles. The van der Waals surface area contributed by atoms with Gasteiger partial charge in [0.1, 0.15) is 22.3 Å². The van der Waals surface area contributed by atoms with Crippen LogP contribution in [0.15, 0.2) is 197 Å². The second-order valence-electron chi connectivity index (χ2n) is 14.7. The van der Waals surface area contributed by atoms with Gasteiger partial charge in [-0.05, 0) is 86.3 Å². The number of aromatic nitrogens is 3. The Morgan fingerprint density at radius 2 is 0.741 bits per heavy atom. The number of hydrogen-bond donors (Lipinski definition) is 0. The molecule has 270 valence electrons. The predicted molar refractivity (Wildman–Crippen MR) is 237 cm³/mol. The Bertz CT molecular complexity index is 3460. The molecule has 0 atom stereocenters. The van der Waals surface area contributed by atoms with Crippen LogP contribution in [0.1, 0.15) is 0 Å². The van der Waals surface area contributed by atoms with E-state index in [9.17, 15) is 0 Å². The number of rotatable bonds is 5. The van der Waals surface area contributed by atoms with Gasteiger partial charge < -0.3 is 8.83 Å². The summed E-state index contributed by atoms with van der Waals surface area (Å²) in [5.41, 5.74) is 9.91. The third kappa shape index (κ3) is 5.14. The monoisotopic (exact) mass is 741 g/mol. The molecule has 0 aliphatic heterocycles. The Kier molecular flexibility index (Phi) is 7.16. The molecule has 0 spiro atoms. The molecule has 5 heteroatoms. The average molecular weight is 742 g/mol. The average Bonchev–Trinajstić information content (AvgIpc) is 3.87. The topological polar surface area (TPSA) is 65.0 Å². The van der Waals surface area contributed by atoms with Crippen molar-refractivity contribution in [2.45, 2.75) is 0 Å². The fourth-order valence-electron chi connectivity index (χ4n) is 8.56. The number of para-hydroxylation sites is 4. The molecule has 9 aromatic carbocycles. The van der Waals surface area contributed by atoms with Crippen molar-refractivity contribution in [3.05, 3.63) is 188 Å². The van der Waals surface area contributed by atoms with E-state index < -0.39 is 0 Å². The van der Waals surface area contributed by atoms with Crippen molar-refractivity contribution < 1.29 is 8.83 Å². The SMILES string of the molecule is c1ccc2cc(-c3cc(-c4cccc5ccccc45)ccc3-c3nc(-c4cccc5c4oc4ccccc45)nc(-c4cccc5c4oc4ccccc45)n3)ccc2c1. The van der Waals surface area contributed by atoms with E-state index in [1.807, 2.05) is 60.7 Å². The summed E-state index contributed by atoms with van der Waals surface area (Å²) in [5, 5.41) is 8.84. The number of fused-ring (bicyclic) bond motifs is 8. The molecule has 58 heavy (non-hydrogen) atoms. The zero-order chi connectivity index (χ0) is 38.2. The van der Waals surface area contributed by atoms with Crippen LogP contribution in [0, 0.1) is 0 Å². The molecular weight excluding hydrogens is 711 g/mol. The minimum Gasteiger partial charge on any atom is -0.455 e. The van der Waals surface area contributed by atoms with Crippen LogP contribution in [0.5, 0.6) is 0 Å². The van der Waals surface area contributed by atoms with Gasteiger partial charge >= 0.3 is 0 Å². The minimum absolute atomic E-state index is 0.514. The van der Waals surface area contributed by atoms with Crippen LogP contribution in [0.4, 0.5) is 0 Å². The van der Waals surface area contributed by atoms with Crippen molar-refractivity contribution in [1.29, 1.82) is 0 Å². The maximum absolute atomic E-state index is 6.55. The fourth-order valence-corrected chi connectivity index (χ4v) is 8.56. The lowest BCUT2D eigenvalue weighted by molar-refractivity contribution is 0.669. The summed E-state index contributed by atoms with van der Waals surface area (Å²) in [6, 6.07) is 65.3. The number of benzene rings is 9. The van der Waals surface area contributed by atoms with Crippen LogP contribution in [-0.2, 0) is 0 Å². The first kappa shape index (κ1) is 32.4. The molecule has 0 N–H and O–H groups in total. The second kappa shape index (κ2) is 12.8. The minimum atomic E-state index is 0.514. The summed E-state index contributed by atoms with van der Waals surface area (Å²) >= 11 is 0. The van der Waals surface area contributed by atoms with Gasteiger partial charge in [0, 0.05) is 27.1 Å². The molecule has 0 aliphatic carbocycles. The van der Waals surface area contributed by atoms with Crippen LogP contribution in [-0.4, -0.2) is 15.0 Å². The van der Waals surface area contributed by atoms with Gasteiger partial charge in [0.05, 0.1) is 11.1 Å². The first-order valence-corrected chi connectivity index (χ1v) is 19.4. The van der Waals surface area contributed by atoms with Crippen molar-refractivity contribution in [1.82, 2.24) is 15.0 Å². The molecule has 0 amide bonds. The smallest absolute Gasteiger partial charge is 0.167 e. The number of furan rings is 2. The summed E-state index contributed by atoms with van der Waals surface area (Å²) in [4.78, 5) is 15.9. The van der Waals surface area contributed by atoms with Crippen molar-refractivity contribution in [3.8, 4) is 56.4 Å². The van der Waals surface area contributed by atoms with E-state index in [0.29, 0.717) is 17.5 Å². The third-order valence-electron chi connectivity index (χ3n) is 11.3. The largest absolute Gasteiger partial charge is 0.455 e. The van der Waals surface area contributed by atoms with E-state index in [1.54, 1.807) is 0 Å². The fraction of sp³-hybridized carbons (Fsp3) is 0. The van der Waals surface area contributed by atoms with Gasteiger partial charge in [0.15, 0.2) is 17.5 Å². The quantitative estimate of drug-likeness (QED) is 0.176. The Hall–Kier alpha value is -7.89. The van der Waals surface area contributed by atoms with Crippen LogP contribution in [0.3, 0.4) is 0 Å². The molecule has 12 aromatic rings. The standard InChI is InChI=1S/C53H31N3O2/c1-2-14-34-30-35(27-26-32(34)12-1)46-31-36(38-19-9-15-33-13-3-4-16-37(33)38)28-29-43(46)51-54-52(44-22-10-20-41-39-17-5-7-24-47(39)57-49(41)44)56-53(55-51)45-23-11-21-42-40-18-6-8-25-48(40)58-50(42)45/h1-31H. The normalized spacial score (nSPS) is 11.8. The highest BCUT2D eigenvalue weighted by molar-refractivity contribution is 6.10. The van der Waals surface area contributed by atoms with Crippen LogP contribution in [0.2, 0.25) is 0 Å². The third-order valence-corrected chi connectivity index (χ3v) is 11.3. The Morgan fingerprint density at radius 3 is 1.41 bits per heavy atom. The highest BCUT2D eigenvalue weighted by atomic mass is 16.3. The van der Waals surface area contributed by atoms with E-state index in [-0.39, 0.29) is 0 Å². The van der Waals surface area contributed by atoms with Crippen molar-refractivity contribution >= 4 is 65.4 Å². The molecule has 5 nitrogen and oxygen atoms in total. The predicted octanol–water partition coefficient (Wildman–Crippen LogP) is 14.3. The lowest BCUT2D eigenvalue weighted by Gasteiger charge is -2.15. The Labute approximate surface area is 332 Å². The molecule has 0 saturated carbocycles. The van der Waals surface area contributed by atoms with Crippen molar-refractivity contribution in [2.75, 3.05) is 0 Å². The molecule has 3 aromatic heterocycles. The molecule has 0 radical (unpaired) electrons. The second-order valence-corrected chi connectivity index (χ2v) is 14.7. The highest BCUT2D eigenvalue weighted by Gasteiger charge is 2.22. The summed E-state index contributed by atoms with van der Waals surface area (Å²) in [7, 11) is 0. The van der Waals surface area contributed by atoms with Gasteiger partial charge in [-0.3, -0.25) is 0 Å². The summed E-state index contributed by atoms with van der Waals surface area (Å²) in [6.07, 6.45) is 0. The first-order chi connectivity index (χ1) is 28.7. The number of hydrogen-bond acceptors (Lipinski definition) is 5. The van der Waals surface area contributed by atoms with Gasteiger partial charge in [-0.2, -0.15) is 0 Å². The first-order valence-electron chi connectivity index (χ1n) is 19.4. The lowest BCUT2D eigenvalue weighted by Crippen LogP contribution is -2.02. The molecule has 0 bridgehead atoms. The zero-order valence-corrected chi connectivity index (χ0v) is 31.1. The van der Waals surface area contributed by atoms with Crippen molar-refractivity contribution in [3.63, 3.8) is 0 Å².